The molecule has 1 aliphatic heterocycles. The number of benzene rings is 3. The summed E-state index contributed by atoms with van der Waals surface area (Å²) in [5.74, 6) is -0.678. The summed E-state index contributed by atoms with van der Waals surface area (Å²) in [6.45, 7) is 9.92. The van der Waals surface area contributed by atoms with E-state index < -0.39 is 6.04 Å². The molecule has 3 atom stereocenters. The molecular weight excluding hydrogens is 531 g/mol. The first-order valence-electron chi connectivity index (χ1n) is 14.4. The van der Waals surface area contributed by atoms with E-state index in [0.29, 0.717) is 17.8 Å². The van der Waals surface area contributed by atoms with Gasteiger partial charge in [-0.25, -0.2) is 9.07 Å². The third kappa shape index (κ3) is 6.77. The van der Waals surface area contributed by atoms with E-state index in [0.717, 1.165) is 28.8 Å². The molecule has 1 aliphatic rings. The van der Waals surface area contributed by atoms with Gasteiger partial charge in [0.1, 0.15) is 11.9 Å². The predicted octanol–water partition coefficient (Wildman–Crippen LogP) is 6.42. The van der Waals surface area contributed by atoms with Crippen molar-refractivity contribution in [3.8, 4) is 16.8 Å². The third-order valence-electron chi connectivity index (χ3n) is 7.76. The van der Waals surface area contributed by atoms with Gasteiger partial charge in [-0.3, -0.25) is 9.59 Å². The van der Waals surface area contributed by atoms with Gasteiger partial charge in [-0.1, -0.05) is 48.5 Å². The normalized spacial score (nSPS) is 16.9. The van der Waals surface area contributed by atoms with Crippen molar-refractivity contribution in [3.05, 3.63) is 102 Å². The van der Waals surface area contributed by atoms with Gasteiger partial charge in [0, 0.05) is 24.4 Å². The number of rotatable bonds is 6. The molecule has 2 heterocycles. The number of aliphatic hydroxyl groups is 1. The van der Waals surface area contributed by atoms with Crippen LogP contribution in [-0.2, 0) is 9.59 Å². The Labute approximate surface area is 247 Å². The van der Waals surface area contributed by atoms with Crippen LogP contribution in [0.4, 0.5) is 10.2 Å². The summed E-state index contributed by atoms with van der Waals surface area (Å²) in [6.07, 6.45) is 3.14. The van der Waals surface area contributed by atoms with Gasteiger partial charge in [-0.2, -0.15) is 0 Å². The summed E-state index contributed by atoms with van der Waals surface area (Å²) < 4.78 is 15.3. The lowest BCUT2D eigenvalue weighted by molar-refractivity contribution is -0.139. The van der Waals surface area contributed by atoms with Crippen LogP contribution in [0.3, 0.4) is 0 Å². The van der Waals surface area contributed by atoms with Crippen molar-refractivity contribution < 1.29 is 19.1 Å². The van der Waals surface area contributed by atoms with Gasteiger partial charge < -0.3 is 15.3 Å². The molecule has 42 heavy (non-hydrogen) atoms. The fourth-order valence-electron chi connectivity index (χ4n) is 5.23. The van der Waals surface area contributed by atoms with Crippen molar-refractivity contribution >= 4 is 17.6 Å². The van der Waals surface area contributed by atoms with Crippen molar-refractivity contribution in [2.75, 3.05) is 11.9 Å². The number of halogens is 1. The number of likely N-dealkylation sites (tertiary alicyclic amines) is 1. The van der Waals surface area contributed by atoms with Gasteiger partial charge in [-0.15, -0.1) is 5.10 Å². The highest BCUT2D eigenvalue weighted by atomic mass is 19.1. The van der Waals surface area contributed by atoms with Crippen LogP contribution in [0.1, 0.15) is 56.2 Å². The molecule has 3 aromatic carbocycles. The van der Waals surface area contributed by atoms with Crippen molar-refractivity contribution in [3.63, 3.8) is 0 Å². The minimum atomic E-state index is -0.607. The first kappa shape index (κ1) is 30.7. The number of carbonyl (C=O) groups excluding carboxylic acids is 2. The molecule has 5 rings (SSSR count). The van der Waals surface area contributed by atoms with Gasteiger partial charge in [0.25, 0.3) is 0 Å². The first-order chi connectivity index (χ1) is 20.1. The number of amides is 2. The molecule has 8 heteroatoms. The topological polar surface area (TPSA) is 87.5 Å². The number of anilines is 1. The molecule has 4 aromatic rings. The Kier molecular flexibility index (Phi) is 9.91. The molecule has 2 N–H and O–H groups in total. The Morgan fingerprint density at radius 3 is 2.33 bits per heavy atom. The monoisotopic (exact) mass is 570 g/mol. The molecule has 0 radical (unpaired) electrons. The van der Waals surface area contributed by atoms with Crippen LogP contribution in [0, 0.1) is 19.7 Å². The van der Waals surface area contributed by atoms with Gasteiger partial charge >= 0.3 is 0 Å². The summed E-state index contributed by atoms with van der Waals surface area (Å²) in [6, 6.07) is 21.1. The maximum atomic E-state index is 13.7. The number of para-hydroxylation sites is 1. The molecule has 1 fully saturated rings. The zero-order valence-corrected chi connectivity index (χ0v) is 24.8. The molecule has 2 amide bonds. The molecular formula is C34H39FN4O3. The zero-order chi connectivity index (χ0) is 30.4. The predicted molar refractivity (Wildman–Crippen MR) is 164 cm³/mol. The highest BCUT2D eigenvalue weighted by Crippen LogP contribution is 2.33. The zero-order valence-electron chi connectivity index (χ0n) is 24.8. The van der Waals surface area contributed by atoms with E-state index in [9.17, 15) is 14.0 Å². The molecule has 0 aliphatic carbocycles. The van der Waals surface area contributed by atoms with Crippen molar-refractivity contribution in [2.24, 2.45) is 0 Å². The second kappa shape index (κ2) is 13.6. The smallest absolute Gasteiger partial charge is 0.248 e. The third-order valence-corrected chi connectivity index (χ3v) is 7.76. The van der Waals surface area contributed by atoms with Crippen LogP contribution < -0.4 is 5.32 Å². The number of aromatic nitrogens is 2. The number of carbonyl (C=O) groups is 2. The molecule has 7 nitrogen and oxygen atoms in total. The summed E-state index contributed by atoms with van der Waals surface area (Å²) in [5.41, 5.74) is 5.48. The molecule has 1 saturated heterocycles. The standard InChI is InChI=1S/C32H33FN4O2.C2H6O/c1-20-10-12-25(18-21(20)2)23(4)32(39)37-22(3)11-17-29(37)31(38)34-30-28(24-13-15-26(33)16-14-24)19-36(35-30)27-8-6-5-7-9-27;1-2-3/h5-10,12-16,18-19,22-23,29H,11,17H2,1-4H3,(H,34,35,38);3H,2H2,1H3/t22?,23?,29-;/m1./s1. The van der Waals surface area contributed by atoms with E-state index in [1.54, 1.807) is 28.6 Å². The second-order valence-electron chi connectivity index (χ2n) is 10.7. The maximum Gasteiger partial charge on any atom is 0.248 e. The largest absolute Gasteiger partial charge is 0.397 e. The number of aryl methyl sites for hydroxylation is 2. The van der Waals surface area contributed by atoms with Crippen molar-refractivity contribution in [1.82, 2.24) is 14.7 Å². The fourth-order valence-corrected chi connectivity index (χ4v) is 5.23. The number of nitrogens with one attached hydrogen (secondary N) is 1. The number of aliphatic hydroxyl groups excluding tert-OH is 1. The highest BCUT2D eigenvalue weighted by Gasteiger charge is 2.41. The quantitative estimate of drug-likeness (QED) is 0.280. The highest BCUT2D eigenvalue weighted by molar-refractivity contribution is 6.00. The molecule has 0 spiro atoms. The molecule has 0 bridgehead atoms. The summed E-state index contributed by atoms with van der Waals surface area (Å²) in [5, 5.41) is 15.2. The minimum absolute atomic E-state index is 0.0549. The van der Waals surface area contributed by atoms with E-state index in [1.807, 2.05) is 76.4 Å². The van der Waals surface area contributed by atoms with E-state index in [2.05, 4.69) is 16.5 Å². The summed E-state index contributed by atoms with van der Waals surface area (Å²) >= 11 is 0. The van der Waals surface area contributed by atoms with Crippen LogP contribution in [0.2, 0.25) is 0 Å². The minimum Gasteiger partial charge on any atom is -0.397 e. The average Bonchev–Trinajstić information content (AvgIpc) is 3.58. The van der Waals surface area contributed by atoms with Crippen molar-refractivity contribution in [1.29, 1.82) is 0 Å². The Hall–Kier alpha value is -4.30. The number of hydrogen-bond donors (Lipinski definition) is 2. The van der Waals surface area contributed by atoms with Crippen LogP contribution in [0.15, 0.2) is 79.0 Å². The lowest BCUT2D eigenvalue weighted by atomic mass is 9.95. The summed E-state index contributed by atoms with van der Waals surface area (Å²) in [4.78, 5) is 29.2. The Morgan fingerprint density at radius 2 is 1.69 bits per heavy atom. The summed E-state index contributed by atoms with van der Waals surface area (Å²) in [7, 11) is 0. The van der Waals surface area contributed by atoms with Gasteiger partial charge in [0.05, 0.1) is 11.6 Å². The molecule has 220 valence electrons. The average molecular weight is 571 g/mol. The van der Waals surface area contributed by atoms with Crippen LogP contribution in [-0.4, -0.2) is 50.3 Å². The lowest BCUT2D eigenvalue weighted by Crippen LogP contribution is -2.47. The SMILES string of the molecule is CCO.Cc1ccc(C(C)C(=O)N2C(C)CC[C@@H]2C(=O)Nc2nn(-c3ccccc3)cc2-c2ccc(F)cc2)cc1C. The Morgan fingerprint density at radius 1 is 1.02 bits per heavy atom. The molecule has 2 unspecified atom stereocenters. The molecule has 0 saturated carbocycles. The number of nitrogens with zero attached hydrogens (tertiary/aromatic N) is 3. The van der Waals surface area contributed by atoms with E-state index in [-0.39, 0.29) is 36.2 Å². The van der Waals surface area contributed by atoms with Gasteiger partial charge in [-0.05, 0) is 94.0 Å². The van der Waals surface area contributed by atoms with E-state index in [4.69, 9.17) is 5.11 Å². The Bertz CT molecular complexity index is 1520. The van der Waals surface area contributed by atoms with Gasteiger partial charge in [0.15, 0.2) is 5.82 Å². The Balaban J connectivity index is 0.00000129. The van der Waals surface area contributed by atoms with Gasteiger partial charge in [0.2, 0.25) is 11.8 Å². The van der Waals surface area contributed by atoms with Crippen LogP contribution in [0.25, 0.3) is 16.8 Å². The van der Waals surface area contributed by atoms with Crippen molar-refractivity contribution in [2.45, 2.75) is 65.5 Å². The molecule has 1 aromatic heterocycles. The van der Waals surface area contributed by atoms with E-state index in [1.165, 1.54) is 17.7 Å². The first-order valence-corrected chi connectivity index (χ1v) is 14.4. The van der Waals surface area contributed by atoms with Crippen LogP contribution in [0.5, 0.6) is 0 Å². The fraction of sp³-hybridized carbons (Fsp3) is 0.324. The number of hydrogen-bond acceptors (Lipinski definition) is 4. The maximum absolute atomic E-state index is 13.7. The second-order valence-corrected chi connectivity index (χ2v) is 10.7. The van der Waals surface area contributed by atoms with Crippen LogP contribution >= 0.6 is 0 Å². The van der Waals surface area contributed by atoms with E-state index >= 15 is 0 Å². The lowest BCUT2D eigenvalue weighted by Gasteiger charge is -2.30.